The standard InChI is InChI=1S/C30H26Cl4N2O8/c1-2-24-25(30(39)40)36-28(44-24)16-12-19(31)26(20(32)13-16)43-11-10-41-8-5-9-42-27-21(33)14-17(15-22(27)34)35-23-7-4-3-6-18(23)29(37)38/h3-4,6-7,12-15,35H,2,5,8-11H2,1H3,(H,37,38)(H,39,40). The van der Waals surface area contributed by atoms with E-state index in [1.54, 1.807) is 37.3 Å². The fourth-order valence-corrected chi connectivity index (χ4v) is 5.24. The Balaban J connectivity index is 1.22. The molecule has 0 spiro atoms. The lowest BCUT2D eigenvalue weighted by molar-refractivity contribution is 0.0681. The van der Waals surface area contributed by atoms with Gasteiger partial charge in [0.05, 0.1) is 44.6 Å². The molecule has 3 aromatic carbocycles. The maximum absolute atomic E-state index is 11.5. The van der Waals surface area contributed by atoms with Crippen molar-refractivity contribution in [3.8, 4) is 23.0 Å². The molecule has 14 heteroatoms. The summed E-state index contributed by atoms with van der Waals surface area (Å²) in [6.45, 7) is 2.81. The zero-order chi connectivity index (χ0) is 31.8. The molecule has 4 rings (SSSR count). The molecular formula is C30H26Cl4N2O8. The normalized spacial score (nSPS) is 10.9. The summed E-state index contributed by atoms with van der Waals surface area (Å²) in [4.78, 5) is 26.9. The first-order valence-corrected chi connectivity index (χ1v) is 14.7. The summed E-state index contributed by atoms with van der Waals surface area (Å²) in [7, 11) is 0. The molecule has 10 nitrogen and oxygen atoms in total. The number of nitrogens with zero attached hydrogens (tertiary/aromatic N) is 1. The van der Waals surface area contributed by atoms with E-state index in [4.69, 9.17) is 65.0 Å². The van der Waals surface area contributed by atoms with E-state index in [1.807, 2.05) is 0 Å². The summed E-state index contributed by atoms with van der Waals surface area (Å²) in [5.74, 6) is -1.35. The molecule has 0 fully saturated rings. The topological polar surface area (TPSA) is 140 Å². The van der Waals surface area contributed by atoms with Crippen LogP contribution in [-0.2, 0) is 11.2 Å². The first-order chi connectivity index (χ1) is 21.1. The highest BCUT2D eigenvalue weighted by molar-refractivity contribution is 6.38. The maximum atomic E-state index is 11.5. The molecule has 1 heterocycles. The largest absolute Gasteiger partial charge is 0.490 e. The van der Waals surface area contributed by atoms with Crippen LogP contribution in [0.2, 0.25) is 20.1 Å². The number of nitrogens with one attached hydrogen (secondary N) is 1. The third kappa shape index (κ3) is 8.28. The van der Waals surface area contributed by atoms with Crippen LogP contribution in [0.1, 0.15) is 40.0 Å². The van der Waals surface area contributed by atoms with Crippen molar-refractivity contribution in [1.82, 2.24) is 4.98 Å². The number of benzene rings is 3. The van der Waals surface area contributed by atoms with Gasteiger partial charge in [-0.2, -0.15) is 0 Å². The van der Waals surface area contributed by atoms with Crippen LogP contribution < -0.4 is 14.8 Å². The average Bonchev–Trinajstić information content (AvgIpc) is 3.42. The molecule has 0 aliphatic rings. The average molecular weight is 684 g/mol. The van der Waals surface area contributed by atoms with E-state index in [-0.39, 0.29) is 68.6 Å². The summed E-state index contributed by atoms with van der Waals surface area (Å²) >= 11 is 25.5. The zero-order valence-corrected chi connectivity index (χ0v) is 26.2. The number of hydrogen-bond donors (Lipinski definition) is 3. The number of aromatic nitrogens is 1. The summed E-state index contributed by atoms with van der Waals surface area (Å²) < 4.78 is 22.6. The first-order valence-electron chi connectivity index (χ1n) is 13.2. The molecule has 4 aromatic rings. The van der Waals surface area contributed by atoms with E-state index in [1.165, 1.54) is 18.2 Å². The van der Waals surface area contributed by atoms with Crippen molar-refractivity contribution in [2.75, 3.05) is 31.7 Å². The molecule has 3 N–H and O–H groups in total. The lowest BCUT2D eigenvalue weighted by Crippen LogP contribution is -2.10. The van der Waals surface area contributed by atoms with Gasteiger partial charge in [0.1, 0.15) is 12.4 Å². The van der Waals surface area contributed by atoms with Gasteiger partial charge in [0, 0.05) is 30.7 Å². The minimum Gasteiger partial charge on any atom is -0.490 e. The van der Waals surface area contributed by atoms with Gasteiger partial charge in [0.2, 0.25) is 5.89 Å². The van der Waals surface area contributed by atoms with Crippen molar-refractivity contribution in [3.63, 3.8) is 0 Å². The van der Waals surface area contributed by atoms with Crippen LogP contribution in [0.4, 0.5) is 11.4 Å². The van der Waals surface area contributed by atoms with Crippen molar-refractivity contribution < 1.29 is 38.4 Å². The third-order valence-corrected chi connectivity index (χ3v) is 7.18. The lowest BCUT2D eigenvalue weighted by Gasteiger charge is -2.14. The van der Waals surface area contributed by atoms with Crippen LogP contribution in [-0.4, -0.2) is 53.6 Å². The highest BCUT2D eigenvalue weighted by Gasteiger charge is 2.21. The van der Waals surface area contributed by atoms with Crippen molar-refractivity contribution in [2.24, 2.45) is 0 Å². The number of oxazole rings is 1. The molecule has 0 saturated heterocycles. The van der Waals surface area contributed by atoms with Gasteiger partial charge in [-0.25, -0.2) is 14.6 Å². The Kier molecular flexibility index (Phi) is 11.6. The molecule has 0 atom stereocenters. The van der Waals surface area contributed by atoms with Gasteiger partial charge in [0.25, 0.3) is 0 Å². The molecule has 0 unspecified atom stereocenters. The smallest absolute Gasteiger partial charge is 0.358 e. The van der Waals surface area contributed by atoms with Gasteiger partial charge in [-0.3, -0.25) is 0 Å². The maximum Gasteiger partial charge on any atom is 0.358 e. The first kappa shape index (κ1) is 33.2. The third-order valence-electron chi connectivity index (χ3n) is 6.05. The number of rotatable bonds is 15. The minimum absolute atomic E-state index is 0.0943. The number of aryl methyl sites for hydroxylation is 1. The van der Waals surface area contributed by atoms with Gasteiger partial charge < -0.3 is 34.2 Å². The molecule has 0 bridgehead atoms. The van der Waals surface area contributed by atoms with Crippen molar-refractivity contribution in [2.45, 2.75) is 19.8 Å². The molecule has 44 heavy (non-hydrogen) atoms. The molecule has 0 radical (unpaired) electrons. The van der Waals surface area contributed by atoms with Gasteiger partial charge in [-0.15, -0.1) is 0 Å². The number of carboxylic acid groups (broad SMARTS) is 2. The minimum atomic E-state index is -1.18. The second kappa shape index (κ2) is 15.4. The number of anilines is 2. The zero-order valence-electron chi connectivity index (χ0n) is 23.2. The molecular weight excluding hydrogens is 658 g/mol. The number of ether oxygens (including phenoxy) is 3. The fraction of sp³-hybridized carbons (Fsp3) is 0.233. The molecule has 0 aliphatic carbocycles. The van der Waals surface area contributed by atoms with Gasteiger partial charge in [0.15, 0.2) is 17.2 Å². The second-order valence-electron chi connectivity index (χ2n) is 9.13. The molecule has 0 aliphatic heterocycles. The molecule has 1 aromatic heterocycles. The number of aromatic carboxylic acids is 2. The van der Waals surface area contributed by atoms with Crippen LogP contribution in [0.15, 0.2) is 52.9 Å². The quantitative estimate of drug-likeness (QED) is 0.104. The van der Waals surface area contributed by atoms with Crippen molar-refractivity contribution in [3.05, 3.63) is 85.6 Å². The van der Waals surface area contributed by atoms with E-state index in [9.17, 15) is 19.8 Å². The predicted octanol–water partition coefficient (Wildman–Crippen LogP) is 8.52. The number of carboxylic acids is 2. The number of halogens is 4. The van der Waals surface area contributed by atoms with E-state index < -0.39 is 11.9 Å². The van der Waals surface area contributed by atoms with Crippen molar-refractivity contribution >= 4 is 69.7 Å². The number of hydrogen-bond acceptors (Lipinski definition) is 8. The van der Waals surface area contributed by atoms with Crippen LogP contribution in [0.3, 0.4) is 0 Å². The van der Waals surface area contributed by atoms with Crippen molar-refractivity contribution in [1.29, 1.82) is 0 Å². The van der Waals surface area contributed by atoms with Gasteiger partial charge in [-0.1, -0.05) is 65.5 Å². The monoisotopic (exact) mass is 682 g/mol. The van der Waals surface area contributed by atoms with Gasteiger partial charge >= 0.3 is 11.9 Å². The molecule has 0 amide bonds. The number of para-hydroxylation sites is 1. The Morgan fingerprint density at radius 1 is 0.841 bits per heavy atom. The predicted molar refractivity (Wildman–Crippen MR) is 168 cm³/mol. The fourth-order valence-electron chi connectivity index (χ4n) is 4.05. The lowest BCUT2D eigenvalue weighted by atomic mass is 10.1. The van der Waals surface area contributed by atoms with Crippen LogP contribution in [0, 0.1) is 0 Å². The Labute approximate surface area is 272 Å². The Hall–Kier alpha value is -3.67. The summed E-state index contributed by atoms with van der Waals surface area (Å²) in [5, 5.41) is 22.6. The van der Waals surface area contributed by atoms with Crippen LogP contribution >= 0.6 is 46.4 Å². The Morgan fingerprint density at radius 3 is 2.05 bits per heavy atom. The summed E-state index contributed by atoms with van der Waals surface area (Å²) in [5.41, 5.74) is 1.28. The molecule has 0 saturated carbocycles. The molecule has 232 valence electrons. The highest BCUT2D eigenvalue weighted by atomic mass is 35.5. The van der Waals surface area contributed by atoms with Crippen LogP contribution in [0.5, 0.6) is 11.5 Å². The Bertz CT molecular complexity index is 1610. The highest BCUT2D eigenvalue weighted by Crippen LogP contribution is 2.39. The SMILES string of the molecule is CCc1oc(-c2cc(Cl)c(OCCOCCCOc3c(Cl)cc(Nc4ccccc4C(=O)O)cc3Cl)c(Cl)c2)nc1C(=O)O. The van der Waals surface area contributed by atoms with Gasteiger partial charge in [-0.05, 0) is 36.4 Å². The van der Waals surface area contributed by atoms with E-state index in [0.29, 0.717) is 42.1 Å². The summed E-state index contributed by atoms with van der Waals surface area (Å²) in [6.07, 6.45) is 0.895. The number of carbonyl (C=O) groups is 2. The van der Waals surface area contributed by atoms with Crippen LogP contribution in [0.25, 0.3) is 11.5 Å². The van der Waals surface area contributed by atoms with E-state index in [2.05, 4.69) is 10.3 Å². The van der Waals surface area contributed by atoms with E-state index >= 15 is 0 Å². The van der Waals surface area contributed by atoms with E-state index in [0.717, 1.165) is 0 Å². The summed E-state index contributed by atoms with van der Waals surface area (Å²) in [6, 6.07) is 12.7. The second-order valence-corrected chi connectivity index (χ2v) is 10.8. The Morgan fingerprint density at radius 2 is 1.45 bits per heavy atom.